The number of hydrogen-bond acceptors (Lipinski definition) is 5. The highest BCUT2D eigenvalue weighted by atomic mass is 32.2. The Morgan fingerprint density at radius 3 is 2.89 bits per heavy atom. The molecule has 1 unspecified atom stereocenters. The third-order valence-corrected chi connectivity index (χ3v) is 4.71. The van der Waals surface area contributed by atoms with Gasteiger partial charge in [-0.15, -0.1) is 11.3 Å². The van der Waals surface area contributed by atoms with Gasteiger partial charge in [0.1, 0.15) is 0 Å². The third kappa shape index (κ3) is 3.40. The molecule has 102 valence electrons. The van der Waals surface area contributed by atoms with Crippen LogP contribution >= 0.6 is 11.3 Å². The molecule has 0 saturated carbocycles. The van der Waals surface area contributed by atoms with E-state index in [1.165, 1.54) is 17.7 Å². The first-order valence-corrected chi connectivity index (χ1v) is 7.61. The summed E-state index contributed by atoms with van der Waals surface area (Å²) in [7, 11) is -3.81. The number of aromatic amines is 1. The Bertz CT molecular complexity index is 634. The lowest BCUT2D eigenvalue weighted by Gasteiger charge is -2.14. The molecule has 7 nitrogen and oxygen atoms in total. The number of carboxylic acids is 1. The molecular weight excluding hydrogens is 290 g/mol. The lowest BCUT2D eigenvalue weighted by molar-refractivity contribution is -0.137. The zero-order valence-corrected chi connectivity index (χ0v) is 11.2. The maximum atomic E-state index is 12.0. The van der Waals surface area contributed by atoms with Crippen LogP contribution in [0, 0.1) is 0 Å². The van der Waals surface area contributed by atoms with Crippen LogP contribution in [-0.4, -0.2) is 29.5 Å². The van der Waals surface area contributed by atoms with Crippen molar-refractivity contribution < 1.29 is 18.3 Å². The van der Waals surface area contributed by atoms with Crippen LogP contribution in [0.5, 0.6) is 0 Å². The second-order valence-electron chi connectivity index (χ2n) is 3.70. The normalized spacial score (nSPS) is 13.3. The molecule has 0 spiro atoms. The zero-order valence-electron chi connectivity index (χ0n) is 9.61. The van der Waals surface area contributed by atoms with E-state index in [1.54, 1.807) is 17.5 Å². The van der Waals surface area contributed by atoms with E-state index in [-0.39, 0.29) is 11.4 Å². The predicted molar refractivity (Wildman–Crippen MR) is 68.2 cm³/mol. The van der Waals surface area contributed by atoms with Gasteiger partial charge in [-0.25, -0.2) is 18.1 Å². The largest absolute Gasteiger partial charge is 0.481 e. The molecule has 9 heteroatoms. The lowest BCUT2D eigenvalue weighted by atomic mass is 10.2. The summed E-state index contributed by atoms with van der Waals surface area (Å²) in [6, 6.07) is 2.62. The maximum absolute atomic E-state index is 12.0. The summed E-state index contributed by atoms with van der Waals surface area (Å²) in [6.45, 7) is 0. The molecule has 2 heterocycles. The van der Waals surface area contributed by atoms with Crippen molar-refractivity contribution in [2.75, 3.05) is 0 Å². The molecule has 0 amide bonds. The topological polar surface area (TPSA) is 112 Å². The van der Waals surface area contributed by atoms with Crippen LogP contribution in [0.15, 0.2) is 35.1 Å². The second-order valence-corrected chi connectivity index (χ2v) is 6.36. The molecule has 0 bridgehead atoms. The van der Waals surface area contributed by atoms with Gasteiger partial charge in [0.15, 0.2) is 5.03 Å². The summed E-state index contributed by atoms with van der Waals surface area (Å²) in [5.41, 5.74) is 0. The van der Waals surface area contributed by atoms with Crippen LogP contribution < -0.4 is 4.72 Å². The molecule has 0 aliphatic heterocycles. The monoisotopic (exact) mass is 301 g/mol. The highest BCUT2D eigenvalue weighted by molar-refractivity contribution is 7.89. The highest BCUT2D eigenvalue weighted by Gasteiger charge is 2.25. The number of carboxylic acid groups (broad SMARTS) is 1. The molecule has 2 aromatic heterocycles. The first kappa shape index (κ1) is 13.7. The molecule has 0 aromatic carbocycles. The summed E-state index contributed by atoms with van der Waals surface area (Å²) >= 11 is 1.29. The summed E-state index contributed by atoms with van der Waals surface area (Å²) in [5.74, 6) is -1.08. The molecule has 0 radical (unpaired) electrons. The van der Waals surface area contributed by atoms with Crippen molar-refractivity contribution in [1.29, 1.82) is 0 Å². The SMILES string of the molecule is O=C(O)CC(NS(=O)(=O)c1cnc[nH]1)c1cccs1. The number of H-pyrrole nitrogens is 1. The molecular formula is C10H11N3O4S2. The van der Waals surface area contributed by atoms with Gasteiger partial charge >= 0.3 is 5.97 Å². The number of aromatic nitrogens is 2. The first-order valence-electron chi connectivity index (χ1n) is 5.25. The van der Waals surface area contributed by atoms with Gasteiger partial charge in [0.05, 0.1) is 25.0 Å². The fraction of sp³-hybridized carbons (Fsp3) is 0.200. The van der Waals surface area contributed by atoms with E-state index in [2.05, 4.69) is 14.7 Å². The van der Waals surface area contributed by atoms with Crippen LogP contribution in [0.1, 0.15) is 17.3 Å². The van der Waals surface area contributed by atoms with Crippen molar-refractivity contribution in [2.24, 2.45) is 0 Å². The van der Waals surface area contributed by atoms with E-state index < -0.39 is 22.0 Å². The van der Waals surface area contributed by atoms with E-state index in [4.69, 9.17) is 5.11 Å². The van der Waals surface area contributed by atoms with Gasteiger partial charge in [0.2, 0.25) is 0 Å². The molecule has 0 aliphatic rings. The van der Waals surface area contributed by atoms with Crippen molar-refractivity contribution in [3.05, 3.63) is 34.9 Å². The van der Waals surface area contributed by atoms with E-state index in [9.17, 15) is 13.2 Å². The Morgan fingerprint density at radius 1 is 1.58 bits per heavy atom. The second kappa shape index (κ2) is 5.51. The minimum atomic E-state index is -3.81. The van der Waals surface area contributed by atoms with Crippen LogP contribution in [0.2, 0.25) is 0 Å². The van der Waals surface area contributed by atoms with E-state index in [1.807, 2.05) is 0 Å². The number of nitrogens with zero attached hydrogens (tertiary/aromatic N) is 1. The summed E-state index contributed by atoms with van der Waals surface area (Å²) in [6.07, 6.45) is 2.08. The summed E-state index contributed by atoms with van der Waals surface area (Å²) < 4.78 is 26.4. The van der Waals surface area contributed by atoms with Crippen molar-refractivity contribution in [1.82, 2.24) is 14.7 Å². The average molecular weight is 301 g/mol. The predicted octanol–water partition coefficient (Wildman–Crippen LogP) is 0.965. The van der Waals surface area contributed by atoms with Crippen LogP contribution in [-0.2, 0) is 14.8 Å². The Morgan fingerprint density at radius 2 is 2.37 bits per heavy atom. The number of hydrogen-bond donors (Lipinski definition) is 3. The van der Waals surface area contributed by atoms with Crippen molar-refractivity contribution in [3.8, 4) is 0 Å². The van der Waals surface area contributed by atoms with Gasteiger partial charge < -0.3 is 10.1 Å². The highest BCUT2D eigenvalue weighted by Crippen LogP contribution is 2.23. The number of nitrogens with one attached hydrogen (secondary N) is 2. The first-order chi connectivity index (χ1) is 8.99. The summed E-state index contributed by atoms with van der Waals surface area (Å²) in [5, 5.41) is 10.5. The Kier molecular flexibility index (Phi) is 3.98. The summed E-state index contributed by atoms with van der Waals surface area (Å²) in [4.78, 5) is 17.6. The molecule has 0 saturated heterocycles. The van der Waals surface area contributed by atoms with Crippen molar-refractivity contribution >= 4 is 27.3 Å². The molecule has 3 N–H and O–H groups in total. The number of thiophene rings is 1. The number of aliphatic carboxylic acids is 1. The quantitative estimate of drug-likeness (QED) is 0.736. The number of sulfonamides is 1. The molecule has 2 aromatic rings. The van der Waals surface area contributed by atoms with E-state index in [0.717, 1.165) is 6.20 Å². The Labute approximate surface area is 113 Å². The molecule has 19 heavy (non-hydrogen) atoms. The fourth-order valence-corrected chi connectivity index (χ4v) is 3.48. The van der Waals surface area contributed by atoms with Gasteiger partial charge in [-0.05, 0) is 11.4 Å². The van der Waals surface area contributed by atoms with Gasteiger partial charge in [-0.3, -0.25) is 4.79 Å². The van der Waals surface area contributed by atoms with Crippen LogP contribution in [0.3, 0.4) is 0 Å². The van der Waals surface area contributed by atoms with E-state index >= 15 is 0 Å². The van der Waals surface area contributed by atoms with Gasteiger partial charge in [-0.2, -0.15) is 0 Å². The standard InChI is InChI=1S/C10H11N3O4S2/c14-10(15)4-7(8-2-1-3-18-8)13-19(16,17)9-5-11-6-12-9/h1-3,5-7,13H,4H2,(H,11,12)(H,14,15). The van der Waals surface area contributed by atoms with E-state index in [0.29, 0.717) is 4.88 Å². The maximum Gasteiger partial charge on any atom is 0.305 e. The molecule has 1 atom stereocenters. The van der Waals surface area contributed by atoms with Gasteiger partial charge in [0.25, 0.3) is 10.0 Å². The zero-order chi connectivity index (χ0) is 13.9. The van der Waals surface area contributed by atoms with Crippen molar-refractivity contribution in [3.63, 3.8) is 0 Å². The Balaban J connectivity index is 2.24. The number of imidazole rings is 1. The minimum absolute atomic E-state index is 0.0977. The smallest absolute Gasteiger partial charge is 0.305 e. The molecule has 0 fully saturated rings. The van der Waals surface area contributed by atoms with Crippen LogP contribution in [0.4, 0.5) is 0 Å². The van der Waals surface area contributed by atoms with Crippen LogP contribution in [0.25, 0.3) is 0 Å². The molecule has 2 rings (SSSR count). The number of carbonyl (C=O) groups is 1. The van der Waals surface area contributed by atoms with Gasteiger partial charge in [0, 0.05) is 4.88 Å². The third-order valence-electron chi connectivity index (χ3n) is 2.33. The molecule has 0 aliphatic carbocycles. The Hall–Kier alpha value is -1.71. The van der Waals surface area contributed by atoms with Gasteiger partial charge in [-0.1, -0.05) is 6.07 Å². The average Bonchev–Trinajstić information content (AvgIpc) is 3.01. The van der Waals surface area contributed by atoms with Crippen molar-refractivity contribution in [2.45, 2.75) is 17.5 Å². The fourth-order valence-electron chi connectivity index (χ4n) is 1.51. The minimum Gasteiger partial charge on any atom is -0.481 e. The number of rotatable bonds is 6. The lowest BCUT2D eigenvalue weighted by Crippen LogP contribution is -2.30.